The van der Waals surface area contributed by atoms with E-state index in [0.29, 0.717) is 31.0 Å². The van der Waals surface area contributed by atoms with Crippen molar-refractivity contribution >= 4 is 17.5 Å². The van der Waals surface area contributed by atoms with Gasteiger partial charge in [0, 0.05) is 36.8 Å². The third-order valence-electron chi connectivity index (χ3n) is 6.39. The number of methoxy groups -OCH3 is 1. The van der Waals surface area contributed by atoms with Crippen LogP contribution in [0.25, 0.3) is 0 Å². The summed E-state index contributed by atoms with van der Waals surface area (Å²) in [5, 5.41) is 0. The van der Waals surface area contributed by atoms with Gasteiger partial charge < -0.3 is 14.5 Å². The standard InChI is InChI=1S/C25H30N2O3/c1-4-24(28)26-14-13-20-15-21(9-12-23(20)26)25(29)27(17(2)19-7-8-19)16-18-5-10-22(30-3)11-6-18/h5-6,9-12,15,17,19H,4,7-8,13-14,16H2,1-3H3. The molecule has 2 amide bonds. The molecule has 2 aliphatic rings. The molecule has 0 N–H and O–H groups in total. The smallest absolute Gasteiger partial charge is 0.254 e. The number of rotatable bonds is 7. The van der Waals surface area contributed by atoms with Crippen molar-refractivity contribution in [3.63, 3.8) is 0 Å². The quantitative estimate of drug-likeness (QED) is 0.683. The summed E-state index contributed by atoms with van der Waals surface area (Å²) in [4.78, 5) is 29.5. The molecule has 158 valence electrons. The van der Waals surface area contributed by atoms with Gasteiger partial charge in [0.25, 0.3) is 5.91 Å². The van der Waals surface area contributed by atoms with Crippen LogP contribution in [0.1, 0.15) is 54.6 Å². The van der Waals surface area contributed by atoms with Gasteiger partial charge in [0.2, 0.25) is 5.91 Å². The molecular weight excluding hydrogens is 376 g/mol. The SMILES string of the molecule is CCC(=O)N1CCc2cc(C(=O)N(Cc3ccc(OC)cc3)C(C)C3CC3)ccc21. The topological polar surface area (TPSA) is 49.9 Å². The molecule has 2 aromatic rings. The van der Waals surface area contributed by atoms with Gasteiger partial charge in [-0.15, -0.1) is 0 Å². The minimum atomic E-state index is 0.0632. The van der Waals surface area contributed by atoms with Crippen LogP contribution in [0.3, 0.4) is 0 Å². The number of ether oxygens (including phenoxy) is 1. The lowest BCUT2D eigenvalue weighted by atomic mass is 10.0. The van der Waals surface area contributed by atoms with Crippen LogP contribution in [-0.4, -0.2) is 36.4 Å². The van der Waals surface area contributed by atoms with Gasteiger partial charge in [-0.25, -0.2) is 0 Å². The van der Waals surface area contributed by atoms with Gasteiger partial charge in [0.15, 0.2) is 0 Å². The Labute approximate surface area is 178 Å². The van der Waals surface area contributed by atoms with Crippen molar-refractivity contribution in [1.29, 1.82) is 0 Å². The van der Waals surface area contributed by atoms with E-state index >= 15 is 0 Å². The van der Waals surface area contributed by atoms with Gasteiger partial charge in [-0.2, -0.15) is 0 Å². The Balaban J connectivity index is 1.58. The summed E-state index contributed by atoms with van der Waals surface area (Å²) in [6, 6.07) is 13.9. The first-order valence-corrected chi connectivity index (χ1v) is 10.9. The molecule has 30 heavy (non-hydrogen) atoms. The zero-order valence-electron chi connectivity index (χ0n) is 18.1. The summed E-state index contributed by atoms with van der Waals surface area (Å²) in [6.45, 7) is 5.33. The summed E-state index contributed by atoms with van der Waals surface area (Å²) in [7, 11) is 1.66. The third-order valence-corrected chi connectivity index (χ3v) is 6.39. The van der Waals surface area contributed by atoms with Crippen molar-refractivity contribution in [2.45, 2.75) is 52.1 Å². The molecule has 2 aromatic carbocycles. The van der Waals surface area contributed by atoms with Gasteiger partial charge >= 0.3 is 0 Å². The van der Waals surface area contributed by atoms with Crippen LogP contribution in [0.2, 0.25) is 0 Å². The Hall–Kier alpha value is -2.82. The molecule has 1 aliphatic carbocycles. The molecule has 1 saturated carbocycles. The highest BCUT2D eigenvalue weighted by molar-refractivity contribution is 5.98. The monoisotopic (exact) mass is 406 g/mol. The maximum absolute atomic E-state index is 13.5. The Morgan fingerprint density at radius 2 is 1.90 bits per heavy atom. The van der Waals surface area contributed by atoms with E-state index < -0.39 is 0 Å². The van der Waals surface area contributed by atoms with Crippen molar-refractivity contribution in [1.82, 2.24) is 4.90 Å². The average molecular weight is 407 g/mol. The van der Waals surface area contributed by atoms with E-state index in [9.17, 15) is 9.59 Å². The largest absolute Gasteiger partial charge is 0.497 e. The molecule has 5 nitrogen and oxygen atoms in total. The molecule has 1 heterocycles. The second-order valence-corrected chi connectivity index (χ2v) is 8.35. The molecule has 4 rings (SSSR count). The lowest BCUT2D eigenvalue weighted by Crippen LogP contribution is -2.39. The predicted octanol–water partition coefficient (Wildman–Crippen LogP) is 4.44. The molecule has 0 radical (unpaired) electrons. The first kappa shape index (κ1) is 20.5. The first-order valence-electron chi connectivity index (χ1n) is 10.9. The van der Waals surface area contributed by atoms with Crippen molar-refractivity contribution in [2.75, 3.05) is 18.6 Å². The second-order valence-electron chi connectivity index (χ2n) is 8.35. The van der Waals surface area contributed by atoms with Gasteiger partial charge in [0.1, 0.15) is 5.75 Å². The number of fused-ring (bicyclic) bond motifs is 1. The zero-order chi connectivity index (χ0) is 21.3. The Morgan fingerprint density at radius 1 is 1.17 bits per heavy atom. The number of anilines is 1. The number of nitrogens with zero attached hydrogens (tertiary/aromatic N) is 2. The zero-order valence-corrected chi connectivity index (χ0v) is 18.1. The van der Waals surface area contributed by atoms with Gasteiger partial charge in [-0.3, -0.25) is 9.59 Å². The van der Waals surface area contributed by atoms with Crippen molar-refractivity contribution in [2.24, 2.45) is 5.92 Å². The highest BCUT2D eigenvalue weighted by Crippen LogP contribution is 2.37. The minimum Gasteiger partial charge on any atom is -0.497 e. The summed E-state index contributed by atoms with van der Waals surface area (Å²) in [6.07, 6.45) is 3.67. The number of carbonyl (C=O) groups is 2. The van der Waals surface area contributed by atoms with Crippen LogP contribution >= 0.6 is 0 Å². The molecule has 1 aliphatic heterocycles. The van der Waals surface area contributed by atoms with Crippen LogP contribution < -0.4 is 9.64 Å². The predicted molar refractivity (Wildman–Crippen MR) is 118 cm³/mol. The first-order chi connectivity index (χ1) is 14.5. The second kappa shape index (κ2) is 8.50. The van der Waals surface area contributed by atoms with Crippen molar-refractivity contribution in [3.05, 3.63) is 59.2 Å². The molecule has 0 aromatic heterocycles. The van der Waals surface area contributed by atoms with Crippen LogP contribution in [0.5, 0.6) is 5.75 Å². The fourth-order valence-electron chi connectivity index (χ4n) is 4.31. The number of amides is 2. The van der Waals surface area contributed by atoms with Gasteiger partial charge in [-0.05, 0) is 73.6 Å². The molecule has 5 heteroatoms. The van der Waals surface area contributed by atoms with E-state index in [1.54, 1.807) is 7.11 Å². The van der Waals surface area contributed by atoms with Crippen LogP contribution in [0.4, 0.5) is 5.69 Å². The molecule has 1 unspecified atom stereocenters. The highest BCUT2D eigenvalue weighted by Gasteiger charge is 2.35. The van der Waals surface area contributed by atoms with E-state index in [0.717, 1.165) is 29.0 Å². The third kappa shape index (κ3) is 4.07. The van der Waals surface area contributed by atoms with E-state index in [4.69, 9.17) is 4.74 Å². The summed E-state index contributed by atoms with van der Waals surface area (Å²) in [5.41, 5.74) is 3.85. The van der Waals surface area contributed by atoms with Crippen LogP contribution in [-0.2, 0) is 17.8 Å². The minimum absolute atomic E-state index is 0.0632. The molecule has 0 bridgehead atoms. The van der Waals surface area contributed by atoms with Gasteiger partial charge in [0.05, 0.1) is 7.11 Å². The summed E-state index contributed by atoms with van der Waals surface area (Å²) in [5.74, 6) is 1.60. The van der Waals surface area contributed by atoms with E-state index in [2.05, 4.69) is 6.92 Å². The van der Waals surface area contributed by atoms with Crippen molar-refractivity contribution in [3.8, 4) is 5.75 Å². The number of hydrogen-bond donors (Lipinski definition) is 0. The number of carbonyl (C=O) groups excluding carboxylic acids is 2. The van der Waals surface area contributed by atoms with E-state index in [1.807, 2.05) is 59.2 Å². The lowest BCUT2D eigenvalue weighted by Gasteiger charge is -2.30. The van der Waals surface area contributed by atoms with Crippen molar-refractivity contribution < 1.29 is 14.3 Å². The maximum Gasteiger partial charge on any atom is 0.254 e. The maximum atomic E-state index is 13.5. The molecule has 0 saturated heterocycles. The Morgan fingerprint density at radius 3 is 2.53 bits per heavy atom. The Kier molecular flexibility index (Phi) is 5.80. The number of benzene rings is 2. The fourth-order valence-corrected chi connectivity index (χ4v) is 4.31. The highest BCUT2D eigenvalue weighted by atomic mass is 16.5. The van der Waals surface area contributed by atoms with E-state index in [1.165, 1.54) is 12.8 Å². The van der Waals surface area contributed by atoms with Crippen LogP contribution in [0.15, 0.2) is 42.5 Å². The fraction of sp³-hybridized carbons (Fsp3) is 0.440. The number of hydrogen-bond acceptors (Lipinski definition) is 3. The van der Waals surface area contributed by atoms with Crippen LogP contribution in [0, 0.1) is 5.92 Å². The van der Waals surface area contributed by atoms with Gasteiger partial charge in [-0.1, -0.05) is 19.1 Å². The summed E-state index contributed by atoms with van der Waals surface area (Å²) >= 11 is 0. The normalized spacial score (nSPS) is 16.2. The average Bonchev–Trinajstić information content (AvgIpc) is 3.55. The molecular formula is C25H30N2O3. The lowest BCUT2D eigenvalue weighted by molar-refractivity contribution is -0.118. The Bertz CT molecular complexity index is 934. The molecule has 1 fully saturated rings. The van der Waals surface area contributed by atoms with E-state index in [-0.39, 0.29) is 17.9 Å². The summed E-state index contributed by atoms with van der Waals surface area (Å²) < 4.78 is 5.25. The molecule has 0 spiro atoms. The molecule has 1 atom stereocenters.